The van der Waals surface area contributed by atoms with E-state index in [1.807, 2.05) is 78.9 Å². The summed E-state index contributed by atoms with van der Waals surface area (Å²) in [6.07, 6.45) is 0. The number of para-hydroxylation sites is 3. The van der Waals surface area contributed by atoms with E-state index < -0.39 is 0 Å². The SMILES string of the molecule is c1ccc(-c2nc(-c3cccc(-c4ccc(-c5nc6ccccc6c6ccc7c(nc(-c8ccccc8)n7-c7ccccc7)c56)cc4)n3)c3ccccc3n2)cc1. The van der Waals surface area contributed by atoms with Crippen molar-refractivity contribution in [3.8, 4) is 62.4 Å². The first-order valence-corrected chi connectivity index (χ1v) is 19.0. The average molecular weight is 729 g/mol. The molecule has 7 aromatic carbocycles. The highest BCUT2D eigenvalue weighted by Crippen LogP contribution is 2.40. The first-order chi connectivity index (χ1) is 28.3. The van der Waals surface area contributed by atoms with Crippen LogP contribution in [0, 0.1) is 0 Å². The third kappa shape index (κ3) is 5.62. The highest BCUT2D eigenvalue weighted by atomic mass is 15.1. The number of hydrogen-bond acceptors (Lipinski definition) is 5. The normalized spacial score (nSPS) is 11.5. The molecule has 0 unspecified atom stereocenters. The highest BCUT2D eigenvalue weighted by molar-refractivity contribution is 6.20. The molecule has 4 aromatic heterocycles. The van der Waals surface area contributed by atoms with Gasteiger partial charge in [-0.15, -0.1) is 0 Å². The molecule has 0 amide bonds. The molecule has 0 fully saturated rings. The number of nitrogens with zero attached hydrogens (tertiary/aromatic N) is 6. The summed E-state index contributed by atoms with van der Waals surface area (Å²) in [5, 5.41) is 4.20. The summed E-state index contributed by atoms with van der Waals surface area (Å²) in [4.78, 5) is 25.9. The van der Waals surface area contributed by atoms with Crippen LogP contribution in [0.4, 0.5) is 0 Å². The first-order valence-electron chi connectivity index (χ1n) is 19.0. The van der Waals surface area contributed by atoms with E-state index in [1.54, 1.807) is 0 Å². The molecule has 11 aromatic rings. The second kappa shape index (κ2) is 13.5. The summed E-state index contributed by atoms with van der Waals surface area (Å²) >= 11 is 0. The minimum Gasteiger partial charge on any atom is -0.292 e. The van der Waals surface area contributed by atoms with Gasteiger partial charge in [0.1, 0.15) is 11.5 Å². The topological polar surface area (TPSA) is 69.4 Å². The van der Waals surface area contributed by atoms with Crippen molar-refractivity contribution in [2.45, 2.75) is 0 Å². The Kier molecular flexibility index (Phi) is 7.71. The summed E-state index contributed by atoms with van der Waals surface area (Å²) in [6, 6.07) is 66.6. The first kappa shape index (κ1) is 32.6. The zero-order chi connectivity index (χ0) is 37.7. The number of imidazole rings is 1. The Morgan fingerprint density at radius 1 is 0.333 bits per heavy atom. The second-order valence-corrected chi connectivity index (χ2v) is 14.1. The van der Waals surface area contributed by atoms with E-state index in [4.69, 9.17) is 24.9 Å². The van der Waals surface area contributed by atoms with Crippen molar-refractivity contribution in [2.24, 2.45) is 0 Å². The fourth-order valence-corrected chi connectivity index (χ4v) is 7.93. The molecule has 4 heterocycles. The molecule has 0 radical (unpaired) electrons. The van der Waals surface area contributed by atoms with Gasteiger partial charge >= 0.3 is 0 Å². The van der Waals surface area contributed by atoms with Gasteiger partial charge in [0.15, 0.2) is 5.82 Å². The number of aromatic nitrogens is 6. The van der Waals surface area contributed by atoms with Crippen LogP contribution in [0.2, 0.25) is 0 Å². The molecule has 11 rings (SSSR count). The predicted molar refractivity (Wildman–Crippen MR) is 232 cm³/mol. The molecule has 0 spiro atoms. The lowest BCUT2D eigenvalue weighted by Crippen LogP contribution is -1.97. The van der Waals surface area contributed by atoms with Gasteiger partial charge in [-0.3, -0.25) is 4.57 Å². The summed E-state index contributed by atoms with van der Waals surface area (Å²) in [7, 11) is 0. The van der Waals surface area contributed by atoms with Crippen molar-refractivity contribution in [1.82, 2.24) is 29.5 Å². The van der Waals surface area contributed by atoms with Gasteiger partial charge in [-0.2, -0.15) is 0 Å². The van der Waals surface area contributed by atoms with E-state index in [1.165, 1.54) is 0 Å². The van der Waals surface area contributed by atoms with Crippen molar-refractivity contribution < 1.29 is 0 Å². The van der Waals surface area contributed by atoms with Crippen molar-refractivity contribution in [2.75, 3.05) is 0 Å². The Morgan fingerprint density at radius 2 is 0.947 bits per heavy atom. The van der Waals surface area contributed by atoms with Gasteiger partial charge in [-0.1, -0.05) is 152 Å². The lowest BCUT2D eigenvalue weighted by molar-refractivity contribution is 1.10. The van der Waals surface area contributed by atoms with Crippen LogP contribution in [0.25, 0.3) is 106 Å². The van der Waals surface area contributed by atoms with Crippen LogP contribution < -0.4 is 0 Å². The molecule has 6 heteroatoms. The molecule has 0 aliphatic carbocycles. The van der Waals surface area contributed by atoms with E-state index >= 15 is 0 Å². The number of fused-ring (bicyclic) bond motifs is 6. The zero-order valence-corrected chi connectivity index (χ0v) is 30.7. The fraction of sp³-hybridized carbons (Fsp3) is 0. The molecule has 0 saturated heterocycles. The standard InChI is InChI=1S/C51H32N6/c1-4-15-35(16-5-1)50-54-43-24-13-11-22-40(43)48(55-50)44-26-14-25-41(52-44)33-27-29-34(30-28-33)47-46-39(38-21-10-12-23-42(38)53-47)31-32-45-49(46)56-51(36-17-6-2-7-18-36)57(45)37-19-8-3-9-20-37/h1-32H. The summed E-state index contributed by atoms with van der Waals surface area (Å²) in [6.45, 7) is 0. The second-order valence-electron chi connectivity index (χ2n) is 14.1. The maximum atomic E-state index is 5.43. The van der Waals surface area contributed by atoms with Crippen LogP contribution in [0.3, 0.4) is 0 Å². The van der Waals surface area contributed by atoms with Gasteiger partial charge in [0, 0.05) is 44.1 Å². The highest BCUT2D eigenvalue weighted by Gasteiger charge is 2.21. The Balaban J connectivity index is 1.07. The van der Waals surface area contributed by atoms with Gasteiger partial charge in [-0.25, -0.2) is 24.9 Å². The molecule has 0 atom stereocenters. The zero-order valence-electron chi connectivity index (χ0n) is 30.7. The van der Waals surface area contributed by atoms with Gasteiger partial charge in [0.05, 0.1) is 39.1 Å². The largest absolute Gasteiger partial charge is 0.292 e. The number of pyridine rings is 2. The molecular formula is C51H32N6. The Labute approximate surface area is 328 Å². The Morgan fingerprint density at radius 3 is 1.70 bits per heavy atom. The number of hydrogen-bond donors (Lipinski definition) is 0. The maximum Gasteiger partial charge on any atom is 0.160 e. The summed E-state index contributed by atoms with van der Waals surface area (Å²) in [5.74, 6) is 1.56. The Hall–Kier alpha value is -7.83. The van der Waals surface area contributed by atoms with Crippen LogP contribution in [-0.4, -0.2) is 29.5 Å². The van der Waals surface area contributed by atoms with Crippen LogP contribution in [-0.2, 0) is 0 Å². The molecule has 266 valence electrons. The summed E-state index contributed by atoms with van der Waals surface area (Å²) in [5.41, 5.74) is 12.2. The van der Waals surface area contributed by atoms with E-state index in [-0.39, 0.29) is 0 Å². The van der Waals surface area contributed by atoms with Crippen molar-refractivity contribution in [3.05, 3.63) is 194 Å². The molecule has 0 aliphatic rings. The third-order valence-corrected chi connectivity index (χ3v) is 10.6. The van der Waals surface area contributed by atoms with Gasteiger partial charge in [0.2, 0.25) is 0 Å². The van der Waals surface area contributed by atoms with Gasteiger partial charge in [-0.05, 0) is 47.9 Å². The van der Waals surface area contributed by atoms with E-state index in [2.05, 4.69) is 120 Å². The Bertz CT molecular complexity index is 3270. The van der Waals surface area contributed by atoms with Crippen LogP contribution in [0.1, 0.15) is 0 Å². The monoisotopic (exact) mass is 728 g/mol. The number of rotatable bonds is 6. The fourth-order valence-electron chi connectivity index (χ4n) is 7.93. The van der Waals surface area contributed by atoms with E-state index in [0.29, 0.717) is 5.82 Å². The molecular weight excluding hydrogens is 697 g/mol. The average Bonchev–Trinajstić information content (AvgIpc) is 3.69. The molecule has 57 heavy (non-hydrogen) atoms. The summed E-state index contributed by atoms with van der Waals surface area (Å²) < 4.78 is 2.26. The lowest BCUT2D eigenvalue weighted by atomic mass is 9.97. The minimum absolute atomic E-state index is 0.676. The molecule has 0 N–H and O–H groups in total. The third-order valence-electron chi connectivity index (χ3n) is 10.6. The smallest absolute Gasteiger partial charge is 0.160 e. The lowest BCUT2D eigenvalue weighted by Gasteiger charge is -2.13. The predicted octanol–water partition coefficient (Wildman–Crippen LogP) is 12.4. The number of benzene rings is 7. The van der Waals surface area contributed by atoms with E-state index in [9.17, 15) is 0 Å². The molecule has 0 saturated carbocycles. The van der Waals surface area contributed by atoms with Crippen LogP contribution in [0.15, 0.2) is 194 Å². The van der Waals surface area contributed by atoms with Crippen molar-refractivity contribution >= 4 is 43.6 Å². The molecule has 0 bridgehead atoms. The van der Waals surface area contributed by atoms with Gasteiger partial charge < -0.3 is 0 Å². The van der Waals surface area contributed by atoms with E-state index in [0.717, 1.165) is 100 Å². The molecule has 6 nitrogen and oxygen atoms in total. The quantitative estimate of drug-likeness (QED) is 0.159. The van der Waals surface area contributed by atoms with Crippen LogP contribution >= 0.6 is 0 Å². The van der Waals surface area contributed by atoms with Gasteiger partial charge in [0.25, 0.3) is 0 Å². The van der Waals surface area contributed by atoms with Crippen LogP contribution in [0.5, 0.6) is 0 Å². The molecule has 0 aliphatic heterocycles. The maximum absolute atomic E-state index is 5.43. The van der Waals surface area contributed by atoms with Crippen molar-refractivity contribution in [1.29, 1.82) is 0 Å². The van der Waals surface area contributed by atoms with Crippen molar-refractivity contribution in [3.63, 3.8) is 0 Å². The minimum atomic E-state index is 0.676.